The summed E-state index contributed by atoms with van der Waals surface area (Å²) >= 11 is 0. The lowest BCUT2D eigenvalue weighted by atomic mass is 10.1. The molecule has 1 saturated heterocycles. The maximum absolute atomic E-state index is 12.3. The second kappa shape index (κ2) is 9.19. The Labute approximate surface area is 157 Å². The Morgan fingerprint density at radius 3 is 2.19 bits per heavy atom. The zero-order chi connectivity index (χ0) is 18.2. The molecule has 26 heavy (non-hydrogen) atoms. The van der Waals surface area contributed by atoms with Crippen molar-refractivity contribution in [3.05, 3.63) is 65.7 Å². The number of hydrogen-bond acceptors (Lipinski definition) is 3. The van der Waals surface area contributed by atoms with Crippen molar-refractivity contribution in [1.82, 2.24) is 4.90 Å². The second-order valence-electron chi connectivity index (χ2n) is 7.01. The van der Waals surface area contributed by atoms with Gasteiger partial charge in [0.2, 0.25) is 10.0 Å². The van der Waals surface area contributed by atoms with E-state index < -0.39 is 10.0 Å². The topological polar surface area (TPSA) is 49.4 Å². The molecule has 140 valence electrons. The van der Waals surface area contributed by atoms with Crippen molar-refractivity contribution in [3.63, 3.8) is 0 Å². The van der Waals surface area contributed by atoms with E-state index in [1.165, 1.54) is 31.5 Å². The average Bonchev–Trinajstić information content (AvgIpc) is 3.16. The summed E-state index contributed by atoms with van der Waals surface area (Å²) in [4.78, 5) is 2.52. The van der Waals surface area contributed by atoms with Crippen LogP contribution in [-0.2, 0) is 22.9 Å². The van der Waals surface area contributed by atoms with Crippen LogP contribution in [-0.4, -0.2) is 38.7 Å². The van der Waals surface area contributed by atoms with Gasteiger partial charge >= 0.3 is 0 Å². The molecule has 0 bridgehead atoms. The molecule has 0 unspecified atom stereocenters. The Balaban J connectivity index is 1.45. The van der Waals surface area contributed by atoms with E-state index in [1.54, 1.807) is 0 Å². The molecule has 1 aliphatic heterocycles. The Morgan fingerprint density at radius 2 is 1.50 bits per heavy atom. The summed E-state index contributed by atoms with van der Waals surface area (Å²) in [5.41, 5.74) is 2.93. The maximum Gasteiger partial charge on any atom is 0.233 e. The Hall–Kier alpha value is -1.85. The van der Waals surface area contributed by atoms with Crippen LogP contribution in [0.5, 0.6) is 0 Å². The highest BCUT2D eigenvalue weighted by Crippen LogP contribution is 2.15. The number of anilines is 1. The molecule has 1 heterocycles. The van der Waals surface area contributed by atoms with Gasteiger partial charge in [-0.05, 0) is 75.0 Å². The van der Waals surface area contributed by atoms with E-state index in [1.807, 2.05) is 54.6 Å². The standard InChI is InChI=1S/C21H28N2O2S/c24-26(25,18-14-19-7-2-1-3-8-19)22-21-12-10-20(11-13-21)9-6-17-23-15-4-5-16-23/h1-3,7-8,10-13,22H,4-6,9,14-18H2. The van der Waals surface area contributed by atoms with Gasteiger partial charge in [0.15, 0.2) is 0 Å². The lowest BCUT2D eigenvalue weighted by molar-refractivity contribution is 0.334. The molecule has 1 N–H and O–H groups in total. The fourth-order valence-corrected chi connectivity index (χ4v) is 4.48. The van der Waals surface area contributed by atoms with Gasteiger partial charge in [0.05, 0.1) is 5.75 Å². The van der Waals surface area contributed by atoms with Gasteiger partial charge in [-0.15, -0.1) is 0 Å². The number of sulfonamides is 1. The van der Waals surface area contributed by atoms with Crippen molar-refractivity contribution in [3.8, 4) is 0 Å². The molecule has 0 atom stereocenters. The summed E-state index contributed by atoms with van der Waals surface area (Å²) in [5.74, 6) is 0.0919. The molecule has 2 aromatic carbocycles. The summed E-state index contributed by atoms with van der Waals surface area (Å²) < 4.78 is 27.2. The normalized spacial score (nSPS) is 15.2. The third-order valence-electron chi connectivity index (χ3n) is 4.87. The second-order valence-corrected chi connectivity index (χ2v) is 8.85. The fourth-order valence-electron chi connectivity index (χ4n) is 3.38. The first-order chi connectivity index (χ1) is 12.6. The van der Waals surface area contributed by atoms with E-state index >= 15 is 0 Å². The van der Waals surface area contributed by atoms with E-state index in [9.17, 15) is 8.42 Å². The van der Waals surface area contributed by atoms with Gasteiger partial charge in [0, 0.05) is 5.69 Å². The summed E-state index contributed by atoms with van der Waals surface area (Å²) in [5, 5.41) is 0. The minimum absolute atomic E-state index is 0.0919. The first-order valence-corrected chi connectivity index (χ1v) is 11.1. The fraction of sp³-hybridized carbons (Fsp3) is 0.429. The minimum Gasteiger partial charge on any atom is -0.303 e. The summed E-state index contributed by atoms with van der Waals surface area (Å²) in [6, 6.07) is 17.5. The smallest absolute Gasteiger partial charge is 0.233 e. The lowest BCUT2D eigenvalue weighted by Crippen LogP contribution is -2.20. The van der Waals surface area contributed by atoms with Gasteiger partial charge in [-0.25, -0.2) is 8.42 Å². The molecule has 1 aliphatic rings. The van der Waals surface area contributed by atoms with Gasteiger partial charge in [-0.3, -0.25) is 4.72 Å². The Morgan fingerprint density at radius 1 is 0.846 bits per heavy atom. The van der Waals surface area contributed by atoms with E-state index in [-0.39, 0.29) is 5.75 Å². The zero-order valence-corrected chi connectivity index (χ0v) is 16.0. The van der Waals surface area contributed by atoms with E-state index in [4.69, 9.17) is 0 Å². The molecule has 2 aromatic rings. The molecule has 1 fully saturated rings. The number of hydrogen-bond donors (Lipinski definition) is 1. The zero-order valence-electron chi connectivity index (χ0n) is 15.2. The molecule has 0 amide bonds. The van der Waals surface area contributed by atoms with Crippen LogP contribution in [0.4, 0.5) is 5.69 Å². The van der Waals surface area contributed by atoms with Crippen LogP contribution in [0.1, 0.15) is 30.4 Å². The average molecular weight is 373 g/mol. The minimum atomic E-state index is -3.33. The van der Waals surface area contributed by atoms with Gasteiger partial charge in [-0.2, -0.15) is 0 Å². The summed E-state index contributed by atoms with van der Waals surface area (Å²) in [6.07, 6.45) is 5.38. The molecule has 4 nitrogen and oxygen atoms in total. The summed E-state index contributed by atoms with van der Waals surface area (Å²) in [6.45, 7) is 3.64. The molecule has 0 radical (unpaired) electrons. The van der Waals surface area contributed by atoms with Crippen LogP contribution in [0, 0.1) is 0 Å². The van der Waals surface area contributed by atoms with Crippen molar-refractivity contribution in [1.29, 1.82) is 0 Å². The number of benzene rings is 2. The van der Waals surface area contributed by atoms with Gasteiger partial charge < -0.3 is 4.90 Å². The third-order valence-corrected chi connectivity index (χ3v) is 6.16. The van der Waals surface area contributed by atoms with Crippen molar-refractivity contribution >= 4 is 15.7 Å². The van der Waals surface area contributed by atoms with Crippen molar-refractivity contribution in [2.75, 3.05) is 30.1 Å². The van der Waals surface area contributed by atoms with E-state index in [2.05, 4.69) is 9.62 Å². The molecule has 5 heteroatoms. The maximum atomic E-state index is 12.3. The van der Waals surface area contributed by atoms with Crippen LogP contribution in [0.3, 0.4) is 0 Å². The van der Waals surface area contributed by atoms with Crippen LogP contribution < -0.4 is 4.72 Å². The number of aryl methyl sites for hydroxylation is 2. The highest BCUT2D eigenvalue weighted by atomic mass is 32.2. The van der Waals surface area contributed by atoms with E-state index in [0.29, 0.717) is 12.1 Å². The van der Waals surface area contributed by atoms with Gasteiger partial charge in [0.1, 0.15) is 0 Å². The van der Waals surface area contributed by atoms with E-state index in [0.717, 1.165) is 24.9 Å². The van der Waals surface area contributed by atoms with Crippen LogP contribution in [0.2, 0.25) is 0 Å². The largest absolute Gasteiger partial charge is 0.303 e. The highest BCUT2D eigenvalue weighted by molar-refractivity contribution is 7.92. The Kier molecular flexibility index (Phi) is 6.69. The molecule has 0 spiro atoms. The quantitative estimate of drug-likeness (QED) is 0.730. The number of nitrogens with zero attached hydrogens (tertiary/aromatic N) is 1. The molecular formula is C21H28N2O2S. The van der Waals surface area contributed by atoms with Crippen LogP contribution in [0.15, 0.2) is 54.6 Å². The van der Waals surface area contributed by atoms with Crippen molar-refractivity contribution < 1.29 is 8.42 Å². The van der Waals surface area contributed by atoms with Crippen LogP contribution >= 0.6 is 0 Å². The monoisotopic (exact) mass is 372 g/mol. The lowest BCUT2D eigenvalue weighted by Gasteiger charge is -2.14. The van der Waals surface area contributed by atoms with Crippen molar-refractivity contribution in [2.24, 2.45) is 0 Å². The molecule has 0 aromatic heterocycles. The van der Waals surface area contributed by atoms with Gasteiger partial charge in [-0.1, -0.05) is 42.5 Å². The number of nitrogens with one attached hydrogen (secondary N) is 1. The number of rotatable bonds is 9. The molecular weight excluding hydrogens is 344 g/mol. The third kappa shape index (κ3) is 6.15. The number of likely N-dealkylation sites (tertiary alicyclic amines) is 1. The first kappa shape index (κ1) is 18.9. The molecule has 3 rings (SSSR count). The van der Waals surface area contributed by atoms with Gasteiger partial charge in [0.25, 0.3) is 0 Å². The molecule has 0 saturated carbocycles. The predicted molar refractivity (Wildman–Crippen MR) is 108 cm³/mol. The highest BCUT2D eigenvalue weighted by Gasteiger charge is 2.12. The van der Waals surface area contributed by atoms with Crippen LogP contribution in [0.25, 0.3) is 0 Å². The Bertz CT molecular complexity index is 767. The molecule has 0 aliphatic carbocycles. The summed E-state index contributed by atoms with van der Waals surface area (Å²) in [7, 11) is -3.33. The predicted octanol–water partition coefficient (Wildman–Crippen LogP) is 3.70. The SMILES string of the molecule is O=S(=O)(CCc1ccccc1)Nc1ccc(CCCN2CCCC2)cc1. The first-order valence-electron chi connectivity index (χ1n) is 9.46. The van der Waals surface area contributed by atoms with Crippen molar-refractivity contribution in [2.45, 2.75) is 32.1 Å².